The minimum absolute atomic E-state index is 0.0579. The lowest BCUT2D eigenvalue weighted by Gasteiger charge is -2.21. The maximum Gasteiger partial charge on any atom is 0.130 e. The first-order valence-corrected chi connectivity index (χ1v) is 3.34. The first-order valence-electron chi connectivity index (χ1n) is 2.58. The van der Waals surface area contributed by atoms with Gasteiger partial charge in [0, 0.05) is 0 Å². The van der Waals surface area contributed by atoms with Crippen LogP contribution in [0.25, 0.3) is 0 Å². The quantitative estimate of drug-likeness (QED) is 0.549. The minimum atomic E-state index is -0.369. The summed E-state index contributed by atoms with van der Waals surface area (Å²) in [5.41, 5.74) is -0.129. The predicted octanol–water partition coefficient (Wildman–Crippen LogP) is 2.08. The van der Waals surface area contributed by atoms with Gasteiger partial charge in [-0.15, -0.1) is 0 Å². The molecule has 0 radical (unpaired) electrons. The van der Waals surface area contributed by atoms with Crippen LogP contribution in [-0.4, -0.2) is 10.2 Å². The van der Waals surface area contributed by atoms with Gasteiger partial charge in [-0.25, -0.2) is 4.98 Å². The van der Waals surface area contributed by atoms with E-state index in [0.29, 0.717) is 0 Å². The van der Waals surface area contributed by atoms with Gasteiger partial charge in [0.1, 0.15) is 5.15 Å². The van der Waals surface area contributed by atoms with Crippen molar-refractivity contribution in [2.24, 2.45) is 0 Å². The van der Waals surface area contributed by atoms with E-state index >= 15 is 0 Å². The van der Waals surface area contributed by atoms with Crippen molar-refractivity contribution in [3.05, 3.63) is 27.6 Å². The van der Waals surface area contributed by atoms with Crippen molar-refractivity contribution in [2.45, 2.75) is 0 Å². The second-order valence-electron chi connectivity index (χ2n) is 1.73. The number of hydrogen-bond acceptors (Lipinski definition) is 4. The summed E-state index contributed by atoms with van der Waals surface area (Å²) in [7, 11) is 0. The van der Waals surface area contributed by atoms with Crippen LogP contribution < -0.4 is 5.23 Å². The molecule has 11 heavy (non-hydrogen) atoms. The average Bonchev–Trinajstić information content (AvgIpc) is 1.85. The molecule has 1 rings (SSSR count). The van der Waals surface area contributed by atoms with Crippen molar-refractivity contribution in [3.63, 3.8) is 0 Å². The Morgan fingerprint density at radius 1 is 1.55 bits per heavy atom. The van der Waals surface area contributed by atoms with E-state index in [-0.39, 0.29) is 21.1 Å². The molecule has 1 heterocycles. The fraction of sp³-hybridized carbons (Fsp3) is 0. The van der Waals surface area contributed by atoms with Gasteiger partial charge in [0.2, 0.25) is 0 Å². The van der Waals surface area contributed by atoms with E-state index in [4.69, 9.17) is 28.4 Å². The van der Waals surface area contributed by atoms with Crippen LogP contribution in [0.15, 0.2) is 12.3 Å². The fourth-order valence-corrected chi connectivity index (χ4v) is 0.979. The zero-order valence-electron chi connectivity index (χ0n) is 5.16. The van der Waals surface area contributed by atoms with Gasteiger partial charge in [-0.1, -0.05) is 23.2 Å². The third kappa shape index (κ3) is 1.94. The zero-order chi connectivity index (χ0) is 8.43. The van der Waals surface area contributed by atoms with E-state index in [1.54, 1.807) is 0 Å². The van der Waals surface area contributed by atoms with Crippen molar-refractivity contribution in [1.29, 1.82) is 0 Å². The van der Waals surface area contributed by atoms with Crippen LogP contribution in [0.5, 0.6) is 0 Å². The molecule has 0 saturated heterocycles. The van der Waals surface area contributed by atoms with Gasteiger partial charge in [0.15, 0.2) is 0 Å². The Hall–Kier alpha value is -0.550. The molecule has 1 N–H and O–H groups in total. The Kier molecular flexibility index (Phi) is 2.51. The lowest BCUT2D eigenvalue weighted by atomic mass is 10.4. The number of hydrogen-bond donors (Lipinski definition) is 1. The average molecular weight is 194 g/mol. The Labute approximate surface area is 72.5 Å². The predicted molar refractivity (Wildman–Crippen MR) is 41.9 cm³/mol. The van der Waals surface area contributed by atoms with E-state index in [1.165, 1.54) is 6.07 Å². The second-order valence-corrected chi connectivity index (χ2v) is 2.53. The van der Waals surface area contributed by atoms with Gasteiger partial charge >= 0.3 is 0 Å². The summed E-state index contributed by atoms with van der Waals surface area (Å²) in [5, 5.41) is 18.5. The monoisotopic (exact) mass is 193 g/mol. The molecule has 6 heteroatoms. The van der Waals surface area contributed by atoms with Crippen LogP contribution in [-0.2, 0) is 0 Å². The molecule has 1 aromatic rings. The molecule has 0 amide bonds. The molecule has 0 bridgehead atoms. The third-order valence-corrected chi connectivity index (χ3v) is 1.52. The normalized spacial score (nSPS) is 9.82. The standard InChI is InChI=1S/C5H3Cl2N2O2/c6-3-1-5(7)8-2-4(3)9(10)11/h1-2,10H/q-1. The number of rotatable bonds is 1. The highest BCUT2D eigenvalue weighted by Crippen LogP contribution is 2.25. The Bertz CT molecular complexity index is 267. The lowest BCUT2D eigenvalue weighted by molar-refractivity contribution is 0.296. The largest absolute Gasteiger partial charge is 0.733 e. The molecule has 0 aliphatic rings. The summed E-state index contributed by atoms with van der Waals surface area (Å²) in [4.78, 5) is 3.54. The topological polar surface area (TPSA) is 59.4 Å². The Balaban J connectivity index is 3.09. The molecule has 0 aliphatic carbocycles. The number of anilines is 1. The molecule has 0 fully saturated rings. The molecule has 4 nitrogen and oxygen atoms in total. The van der Waals surface area contributed by atoms with Gasteiger partial charge in [0.05, 0.1) is 16.9 Å². The Morgan fingerprint density at radius 3 is 2.64 bits per heavy atom. The maximum atomic E-state index is 10.3. The molecule has 0 unspecified atom stereocenters. The van der Waals surface area contributed by atoms with Crippen molar-refractivity contribution in [1.82, 2.24) is 4.98 Å². The molecule has 0 aliphatic heterocycles. The van der Waals surface area contributed by atoms with E-state index in [2.05, 4.69) is 4.98 Å². The van der Waals surface area contributed by atoms with Crippen molar-refractivity contribution in [3.8, 4) is 0 Å². The van der Waals surface area contributed by atoms with Gasteiger partial charge in [-0.2, -0.15) is 0 Å². The molecule has 0 saturated carbocycles. The smallest absolute Gasteiger partial charge is 0.130 e. The van der Waals surface area contributed by atoms with Gasteiger partial charge in [-0.3, -0.25) is 5.21 Å². The number of halogens is 2. The van der Waals surface area contributed by atoms with Crippen LogP contribution in [0.2, 0.25) is 10.2 Å². The zero-order valence-corrected chi connectivity index (χ0v) is 6.67. The van der Waals surface area contributed by atoms with Crippen LogP contribution in [0, 0.1) is 5.21 Å². The van der Waals surface area contributed by atoms with Crippen LogP contribution in [0.1, 0.15) is 0 Å². The summed E-state index contributed by atoms with van der Waals surface area (Å²) in [6.45, 7) is 0. The summed E-state index contributed by atoms with van der Waals surface area (Å²) in [6.07, 6.45) is 1.08. The molecular weight excluding hydrogens is 191 g/mol. The summed E-state index contributed by atoms with van der Waals surface area (Å²) >= 11 is 10.9. The molecule has 0 atom stereocenters. The summed E-state index contributed by atoms with van der Waals surface area (Å²) in [6, 6.07) is 1.26. The molecule has 60 valence electrons. The van der Waals surface area contributed by atoms with Crippen LogP contribution >= 0.6 is 23.2 Å². The van der Waals surface area contributed by atoms with Crippen molar-refractivity contribution >= 4 is 28.9 Å². The molecule has 1 aromatic heterocycles. The SMILES string of the molecule is [O-]N(O)c1cnc(Cl)cc1Cl. The number of aromatic nitrogens is 1. The molecule has 0 spiro atoms. The minimum Gasteiger partial charge on any atom is -0.733 e. The van der Waals surface area contributed by atoms with Gasteiger partial charge < -0.3 is 10.4 Å². The summed E-state index contributed by atoms with van der Waals surface area (Å²) < 4.78 is 0. The second kappa shape index (κ2) is 3.23. The Morgan fingerprint density at radius 2 is 2.18 bits per heavy atom. The highest BCUT2D eigenvalue weighted by atomic mass is 35.5. The van der Waals surface area contributed by atoms with E-state index in [9.17, 15) is 5.21 Å². The van der Waals surface area contributed by atoms with Gasteiger partial charge in [-0.05, 0) is 6.07 Å². The first-order chi connectivity index (χ1) is 5.11. The maximum absolute atomic E-state index is 10.3. The van der Waals surface area contributed by atoms with E-state index in [0.717, 1.165) is 6.20 Å². The lowest BCUT2D eigenvalue weighted by Crippen LogP contribution is -2.07. The molecular formula is C5H3Cl2N2O2-. The highest BCUT2D eigenvalue weighted by molar-refractivity contribution is 6.35. The van der Waals surface area contributed by atoms with Crippen LogP contribution in [0.4, 0.5) is 5.69 Å². The van der Waals surface area contributed by atoms with E-state index < -0.39 is 0 Å². The summed E-state index contributed by atoms with van der Waals surface area (Å²) in [5.74, 6) is 0. The van der Waals surface area contributed by atoms with E-state index in [1.807, 2.05) is 0 Å². The van der Waals surface area contributed by atoms with Gasteiger partial charge in [0.25, 0.3) is 0 Å². The number of pyridine rings is 1. The fourth-order valence-electron chi connectivity index (χ4n) is 0.541. The third-order valence-electron chi connectivity index (χ3n) is 1.01. The number of nitrogens with zero attached hydrogens (tertiary/aromatic N) is 2. The highest BCUT2D eigenvalue weighted by Gasteiger charge is 2.01. The first kappa shape index (κ1) is 8.55. The molecule has 0 aromatic carbocycles. The van der Waals surface area contributed by atoms with Crippen molar-refractivity contribution < 1.29 is 5.21 Å². The van der Waals surface area contributed by atoms with Crippen LogP contribution in [0.3, 0.4) is 0 Å². The van der Waals surface area contributed by atoms with Crippen molar-refractivity contribution in [2.75, 3.05) is 5.23 Å².